The Morgan fingerprint density at radius 1 is 0.789 bits per heavy atom. The summed E-state index contributed by atoms with van der Waals surface area (Å²) in [6.45, 7) is 0. The van der Waals surface area contributed by atoms with E-state index in [9.17, 15) is 0 Å². The lowest BCUT2D eigenvalue weighted by atomic mass is 10.4. The van der Waals surface area contributed by atoms with Crippen LogP contribution in [0.1, 0.15) is 6.42 Å². The van der Waals surface area contributed by atoms with E-state index in [-0.39, 0.29) is 7.92 Å². The molecule has 0 fully saturated rings. The van der Waals surface area contributed by atoms with E-state index in [1.54, 1.807) is 10.5 Å². The maximum Gasteiger partial charge on any atom is 0.0389 e. The summed E-state index contributed by atoms with van der Waals surface area (Å²) >= 11 is 0. The molecule has 0 nitrogen and oxygen atoms in total. The van der Waals surface area contributed by atoms with Crippen molar-refractivity contribution in [1.29, 1.82) is 0 Å². The van der Waals surface area contributed by atoms with E-state index in [0.717, 1.165) is 16.7 Å². The number of rotatable bonds is 3. The van der Waals surface area contributed by atoms with E-state index < -0.39 is 0 Å². The van der Waals surface area contributed by atoms with Crippen LogP contribution in [-0.2, 0) is 0 Å². The molecule has 1 aliphatic rings. The monoisotopic (exact) mass is 280 g/mol. The second-order valence-corrected chi connectivity index (χ2v) is 8.06. The first-order valence-electron chi connectivity index (χ1n) is 6.63. The van der Waals surface area contributed by atoms with Gasteiger partial charge >= 0.3 is 0 Å². The van der Waals surface area contributed by atoms with Gasteiger partial charge in [0.25, 0.3) is 0 Å². The Balaban J connectivity index is 2.10. The van der Waals surface area contributed by atoms with E-state index >= 15 is 0 Å². The minimum Gasteiger partial charge on any atom is -0.0802 e. The lowest BCUT2D eigenvalue weighted by Crippen LogP contribution is -2.13. The summed E-state index contributed by atoms with van der Waals surface area (Å²) in [5.41, 5.74) is 0. The highest BCUT2D eigenvalue weighted by atomic mass is 31.1. The topological polar surface area (TPSA) is 0 Å². The SMILES string of the molecule is [SiH3]C1=C(P(c2ccccc2)c2ccccc2)CC=C1. The molecule has 0 bridgehead atoms. The molecule has 0 unspecified atom stereocenters. The van der Waals surface area contributed by atoms with Gasteiger partial charge in [-0.25, -0.2) is 0 Å². The molecule has 0 saturated carbocycles. The van der Waals surface area contributed by atoms with Crippen LogP contribution in [0, 0.1) is 0 Å². The molecule has 0 radical (unpaired) electrons. The molecule has 2 aromatic rings. The Hall–Kier alpha value is -1.43. The molecule has 2 heteroatoms. The van der Waals surface area contributed by atoms with Gasteiger partial charge in [-0.05, 0) is 30.3 Å². The maximum atomic E-state index is 2.32. The normalized spacial score (nSPS) is 14.6. The fraction of sp³-hybridized carbons (Fsp3) is 0.0588. The van der Waals surface area contributed by atoms with Crippen molar-refractivity contribution in [3.63, 3.8) is 0 Å². The number of hydrogen-bond donors (Lipinski definition) is 0. The quantitative estimate of drug-likeness (QED) is 0.599. The van der Waals surface area contributed by atoms with Crippen LogP contribution in [0.5, 0.6) is 0 Å². The summed E-state index contributed by atoms with van der Waals surface area (Å²) in [6, 6.07) is 21.9. The van der Waals surface area contributed by atoms with Gasteiger partial charge in [0, 0.05) is 10.2 Å². The molecular weight excluding hydrogens is 263 g/mol. The summed E-state index contributed by atoms with van der Waals surface area (Å²) in [6.07, 6.45) is 5.77. The van der Waals surface area contributed by atoms with Gasteiger partial charge in [-0.3, -0.25) is 0 Å². The summed E-state index contributed by atoms with van der Waals surface area (Å²) in [5, 5.41) is 6.17. The number of hydrogen-bond acceptors (Lipinski definition) is 0. The average Bonchev–Trinajstić information content (AvgIpc) is 2.88. The predicted molar refractivity (Wildman–Crippen MR) is 89.8 cm³/mol. The lowest BCUT2D eigenvalue weighted by molar-refractivity contribution is 1.40. The molecule has 1 aliphatic carbocycles. The van der Waals surface area contributed by atoms with Gasteiger partial charge in [0.05, 0.1) is 0 Å². The number of benzene rings is 2. The van der Waals surface area contributed by atoms with Gasteiger partial charge in [0.2, 0.25) is 0 Å². The number of allylic oxidation sites excluding steroid dienone is 4. The van der Waals surface area contributed by atoms with Crippen molar-refractivity contribution in [2.24, 2.45) is 0 Å². The fourth-order valence-corrected chi connectivity index (χ4v) is 6.17. The molecule has 0 atom stereocenters. The first-order chi connectivity index (χ1) is 9.36. The van der Waals surface area contributed by atoms with Crippen LogP contribution in [0.2, 0.25) is 0 Å². The molecule has 0 saturated heterocycles. The molecule has 94 valence electrons. The Bertz CT molecular complexity index is 575. The fourth-order valence-electron chi connectivity index (χ4n) is 2.49. The second-order valence-electron chi connectivity index (χ2n) is 4.74. The van der Waals surface area contributed by atoms with Crippen LogP contribution in [0.15, 0.2) is 83.3 Å². The van der Waals surface area contributed by atoms with Crippen molar-refractivity contribution in [3.8, 4) is 0 Å². The zero-order chi connectivity index (χ0) is 13.1. The highest BCUT2D eigenvalue weighted by molar-refractivity contribution is 7.76. The van der Waals surface area contributed by atoms with Gasteiger partial charge in [0.15, 0.2) is 0 Å². The third-order valence-electron chi connectivity index (χ3n) is 3.43. The van der Waals surface area contributed by atoms with E-state index in [2.05, 4.69) is 72.8 Å². The third kappa shape index (κ3) is 2.63. The smallest absolute Gasteiger partial charge is 0.0389 e. The van der Waals surface area contributed by atoms with Crippen molar-refractivity contribution < 1.29 is 0 Å². The third-order valence-corrected chi connectivity index (χ3v) is 7.49. The van der Waals surface area contributed by atoms with Crippen LogP contribution >= 0.6 is 7.92 Å². The Morgan fingerprint density at radius 3 is 1.74 bits per heavy atom. The summed E-state index contributed by atoms with van der Waals surface area (Å²) in [5.74, 6) is 0. The molecule has 2 aromatic carbocycles. The highest BCUT2D eigenvalue weighted by Gasteiger charge is 2.20. The molecule has 19 heavy (non-hydrogen) atoms. The maximum absolute atomic E-state index is 2.32. The average molecular weight is 280 g/mol. The van der Waals surface area contributed by atoms with Crippen molar-refractivity contribution in [3.05, 3.63) is 83.3 Å². The zero-order valence-corrected chi connectivity index (χ0v) is 14.0. The van der Waals surface area contributed by atoms with Crippen LogP contribution in [-0.4, -0.2) is 10.2 Å². The van der Waals surface area contributed by atoms with E-state index in [0.29, 0.717) is 0 Å². The van der Waals surface area contributed by atoms with Crippen molar-refractivity contribution >= 4 is 28.8 Å². The molecule has 3 rings (SSSR count). The molecule has 0 aromatic heterocycles. The van der Waals surface area contributed by atoms with Crippen LogP contribution in [0.25, 0.3) is 0 Å². The molecule has 0 aliphatic heterocycles. The molecule has 0 heterocycles. The summed E-state index contributed by atoms with van der Waals surface area (Å²) < 4.78 is 0. The minimum atomic E-state index is -0.340. The van der Waals surface area contributed by atoms with Gasteiger partial charge in [0.1, 0.15) is 0 Å². The Labute approximate surface area is 119 Å². The van der Waals surface area contributed by atoms with Crippen molar-refractivity contribution in [2.75, 3.05) is 0 Å². The largest absolute Gasteiger partial charge is 0.0802 e. The van der Waals surface area contributed by atoms with Gasteiger partial charge in [-0.15, -0.1) is 0 Å². The van der Waals surface area contributed by atoms with Crippen LogP contribution < -0.4 is 10.6 Å². The first kappa shape index (κ1) is 12.6. The van der Waals surface area contributed by atoms with E-state index in [1.807, 2.05) is 0 Å². The minimum absolute atomic E-state index is 0.340. The molecule has 0 spiro atoms. The zero-order valence-electron chi connectivity index (χ0n) is 11.1. The van der Waals surface area contributed by atoms with E-state index in [4.69, 9.17) is 0 Å². The predicted octanol–water partition coefficient (Wildman–Crippen LogP) is 2.66. The van der Waals surface area contributed by atoms with E-state index in [1.165, 1.54) is 10.6 Å². The highest BCUT2D eigenvalue weighted by Crippen LogP contribution is 2.47. The van der Waals surface area contributed by atoms with Crippen LogP contribution in [0.3, 0.4) is 0 Å². The Kier molecular flexibility index (Phi) is 3.77. The van der Waals surface area contributed by atoms with Crippen molar-refractivity contribution in [1.82, 2.24) is 0 Å². The molecule has 0 N–H and O–H groups in total. The Morgan fingerprint density at radius 2 is 1.32 bits per heavy atom. The van der Waals surface area contributed by atoms with Crippen LogP contribution in [0.4, 0.5) is 0 Å². The van der Waals surface area contributed by atoms with Gasteiger partial charge < -0.3 is 0 Å². The summed E-state index contributed by atoms with van der Waals surface area (Å²) in [7, 11) is 0.806. The molecule has 0 amide bonds. The molecular formula is C17H17PSi. The van der Waals surface area contributed by atoms with Gasteiger partial charge in [-0.2, -0.15) is 0 Å². The lowest BCUT2D eigenvalue weighted by Gasteiger charge is -2.21. The summed E-state index contributed by atoms with van der Waals surface area (Å²) in [4.78, 5) is 0. The van der Waals surface area contributed by atoms with Gasteiger partial charge in [-0.1, -0.05) is 78.0 Å². The second kappa shape index (κ2) is 5.69. The standard InChI is InChI=1S/C17H17PSi/c19-17-13-7-12-16(17)18(14-8-3-1-4-9-14)15-10-5-2-6-11-15/h1-11,13H,12H2,19H3. The van der Waals surface area contributed by atoms with Crippen molar-refractivity contribution in [2.45, 2.75) is 6.42 Å². The first-order valence-corrected chi connectivity index (χ1v) is 8.97.